The molecule has 0 amide bonds. The first kappa shape index (κ1) is 11.2. The molecule has 14 heavy (non-hydrogen) atoms. The third kappa shape index (κ3) is 2.80. The molecule has 0 atom stereocenters. The van der Waals surface area contributed by atoms with E-state index in [0.29, 0.717) is 10.7 Å². The van der Waals surface area contributed by atoms with Crippen LogP contribution < -0.4 is 0 Å². The van der Waals surface area contributed by atoms with Crippen molar-refractivity contribution in [1.82, 2.24) is 14.8 Å². The minimum absolute atomic E-state index is 0.587. The molecule has 0 fully saturated rings. The smallest absolute Gasteiger partial charge is 0.195 e. The van der Waals surface area contributed by atoms with Crippen LogP contribution in [0.4, 0.5) is 0 Å². The van der Waals surface area contributed by atoms with E-state index in [9.17, 15) is 0 Å². The van der Waals surface area contributed by atoms with Crippen molar-refractivity contribution in [2.45, 2.75) is 33.7 Å². The van der Waals surface area contributed by atoms with Gasteiger partial charge >= 0.3 is 0 Å². The summed E-state index contributed by atoms with van der Waals surface area (Å²) in [5.41, 5.74) is 1.09. The Morgan fingerprint density at radius 1 is 1.64 bits per heavy atom. The fraction of sp³-hybridized carbons (Fsp3) is 0.600. The van der Waals surface area contributed by atoms with Crippen LogP contribution in [-0.4, -0.2) is 14.8 Å². The zero-order valence-electron chi connectivity index (χ0n) is 9.00. The van der Waals surface area contributed by atoms with Crippen LogP contribution in [0, 0.1) is 10.7 Å². The Labute approximate surface area is 89.8 Å². The van der Waals surface area contributed by atoms with Crippen molar-refractivity contribution in [3.63, 3.8) is 0 Å². The first-order valence-corrected chi connectivity index (χ1v) is 5.20. The summed E-state index contributed by atoms with van der Waals surface area (Å²) >= 11 is 5.15. The van der Waals surface area contributed by atoms with Crippen molar-refractivity contribution >= 4 is 12.2 Å². The number of rotatable bonds is 4. The predicted molar refractivity (Wildman–Crippen MR) is 60.8 cm³/mol. The van der Waals surface area contributed by atoms with Gasteiger partial charge < -0.3 is 4.57 Å². The number of hydrogen-bond donors (Lipinski definition) is 1. The molecule has 1 aromatic heterocycles. The Hall–Kier alpha value is -0.900. The van der Waals surface area contributed by atoms with Crippen LogP contribution in [0.2, 0.25) is 0 Å². The molecule has 1 aromatic rings. The Morgan fingerprint density at radius 3 is 2.79 bits per heavy atom. The molecule has 1 heterocycles. The van der Waals surface area contributed by atoms with Crippen LogP contribution in [0.1, 0.15) is 26.6 Å². The minimum atomic E-state index is 0.587. The molecule has 0 unspecified atom stereocenters. The molecule has 1 rings (SSSR count). The maximum Gasteiger partial charge on any atom is 0.195 e. The number of hydrogen-bond acceptors (Lipinski definition) is 2. The van der Waals surface area contributed by atoms with Crippen LogP contribution in [0.25, 0.3) is 0 Å². The van der Waals surface area contributed by atoms with Gasteiger partial charge in [-0.15, -0.1) is 0 Å². The Bertz CT molecular complexity index is 373. The van der Waals surface area contributed by atoms with Crippen molar-refractivity contribution in [3.8, 4) is 0 Å². The van der Waals surface area contributed by atoms with Gasteiger partial charge in [0, 0.05) is 13.0 Å². The topological polar surface area (TPSA) is 33.6 Å². The number of aromatic nitrogens is 3. The predicted octanol–water partition coefficient (Wildman–Crippen LogP) is 2.72. The Kier molecular flexibility index (Phi) is 3.63. The average Bonchev–Trinajstić information content (AvgIpc) is 2.34. The molecule has 0 aliphatic rings. The van der Waals surface area contributed by atoms with E-state index in [1.807, 2.05) is 11.5 Å². The zero-order valence-corrected chi connectivity index (χ0v) is 9.82. The van der Waals surface area contributed by atoms with Crippen molar-refractivity contribution in [3.05, 3.63) is 22.7 Å². The van der Waals surface area contributed by atoms with Gasteiger partial charge in [0.25, 0.3) is 0 Å². The van der Waals surface area contributed by atoms with Gasteiger partial charge in [0.15, 0.2) is 4.77 Å². The molecule has 78 valence electrons. The average molecular weight is 211 g/mol. The minimum Gasteiger partial charge on any atom is -0.300 e. The molecule has 0 aliphatic carbocycles. The van der Waals surface area contributed by atoms with Gasteiger partial charge in [0.2, 0.25) is 0 Å². The van der Waals surface area contributed by atoms with Gasteiger partial charge in [-0.05, 0) is 25.1 Å². The SMILES string of the molecule is C=C(C)Cn1c(CC(C)C)n[nH]c1=S. The fourth-order valence-electron chi connectivity index (χ4n) is 1.30. The monoisotopic (exact) mass is 211 g/mol. The first-order valence-electron chi connectivity index (χ1n) is 4.79. The summed E-state index contributed by atoms with van der Waals surface area (Å²) in [4.78, 5) is 0. The standard InChI is InChI=1S/C10H17N3S/c1-7(2)5-9-11-12-10(14)13(9)6-8(3)4/h7H,3,5-6H2,1-2,4H3,(H,12,14). The van der Waals surface area contributed by atoms with Gasteiger partial charge in [-0.3, -0.25) is 5.10 Å². The van der Waals surface area contributed by atoms with Crippen molar-refractivity contribution < 1.29 is 0 Å². The highest BCUT2D eigenvalue weighted by Crippen LogP contribution is 2.07. The lowest BCUT2D eigenvalue weighted by Gasteiger charge is -2.07. The summed E-state index contributed by atoms with van der Waals surface area (Å²) < 4.78 is 2.70. The molecule has 0 saturated heterocycles. The molecule has 0 spiro atoms. The molecular formula is C10H17N3S. The normalized spacial score (nSPS) is 10.9. The summed E-state index contributed by atoms with van der Waals surface area (Å²) in [6.45, 7) is 11.0. The summed E-state index contributed by atoms with van der Waals surface area (Å²) in [7, 11) is 0. The van der Waals surface area contributed by atoms with Crippen LogP contribution in [0.15, 0.2) is 12.2 Å². The molecular weight excluding hydrogens is 194 g/mol. The molecule has 0 radical (unpaired) electrons. The number of H-pyrrole nitrogens is 1. The molecule has 3 nitrogen and oxygen atoms in total. The molecule has 0 aliphatic heterocycles. The van der Waals surface area contributed by atoms with E-state index >= 15 is 0 Å². The third-order valence-electron chi connectivity index (χ3n) is 1.86. The van der Waals surface area contributed by atoms with Crippen molar-refractivity contribution in [2.75, 3.05) is 0 Å². The Morgan fingerprint density at radius 2 is 2.29 bits per heavy atom. The van der Waals surface area contributed by atoms with E-state index < -0.39 is 0 Å². The third-order valence-corrected chi connectivity index (χ3v) is 2.17. The van der Waals surface area contributed by atoms with Crippen molar-refractivity contribution in [1.29, 1.82) is 0 Å². The second-order valence-electron chi connectivity index (χ2n) is 4.09. The van der Waals surface area contributed by atoms with Crippen LogP contribution in [0.3, 0.4) is 0 Å². The summed E-state index contributed by atoms with van der Waals surface area (Å²) in [6.07, 6.45) is 0.945. The second-order valence-corrected chi connectivity index (χ2v) is 4.47. The van der Waals surface area contributed by atoms with Crippen LogP contribution in [-0.2, 0) is 13.0 Å². The molecule has 0 bridgehead atoms. The van der Waals surface area contributed by atoms with E-state index in [4.69, 9.17) is 12.2 Å². The first-order chi connectivity index (χ1) is 6.50. The van der Waals surface area contributed by atoms with Gasteiger partial charge in [0.1, 0.15) is 5.82 Å². The van der Waals surface area contributed by atoms with Crippen LogP contribution >= 0.6 is 12.2 Å². The molecule has 0 aromatic carbocycles. The highest BCUT2D eigenvalue weighted by Gasteiger charge is 2.07. The Balaban J connectivity index is 2.94. The maximum atomic E-state index is 5.15. The fourth-order valence-corrected chi connectivity index (χ4v) is 1.52. The van der Waals surface area contributed by atoms with E-state index in [-0.39, 0.29) is 0 Å². The molecule has 1 N–H and O–H groups in total. The lowest BCUT2D eigenvalue weighted by molar-refractivity contribution is 0.586. The van der Waals surface area contributed by atoms with Gasteiger partial charge in [-0.25, -0.2) is 0 Å². The summed E-state index contributed by atoms with van der Waals surface area (Å²) in [5.74, 6) is 1.61. The number of aromatic amines is 1. The van der Waals surface area contributed by atoms with E-state index in [2.05, 4.69) is 30.6 Å². The maximum absolute atomic E-state index is 5.15. The van der Waals surface area contributed by atoms with Crippen molar-refractivity contribution in [2.24, 2.45) is 5.92 Å². The van der Waals surface area contributed by atoms with E-state index in [0.717, 1.165) is 24.4 Å². The van der Waals surface area contributed by atoms with Crippen LogP contribution in [0.5, 0.6) is 0 Å². The lowest BCUT2D eigenvalue weighted by atomic mass is 10.1. The quantitative estimate of drug-likeness (QED) is 0.613. The van der Waals surface area contributed by atoms with Gasteiger partial charge in [-0.1, -0.05) is 26.0 Å². The summed E-state index contributed by atoms with van der Waals surface area (Å²) in [5, 5.41) is 7.04. The summed E-state index contributed by atoms with van der Waals surface area (Å²) in [6, 6.07) is 0. The number of nitrogens with zero attached hydrogens (tertiary/aromatic N) is 2. The highest BCUT2D eigenvalue weighted by atomic mass is 32.1. The van der Waals surface area contributed by atoms with Gasteiger partial charge in [-0.2, -0.15) is 5.10 Å². The zero-order chi connectivity index (χ0) is 10.7. The largest absolute Gasteiger partial charge is 0.300 e. The van der Waals surface area contributed by atoms with Gasteiger partial charge in [0.05, 0.1) is 0 Å². The lowest BCUT2D eigenvalue weighted by Crippen LogP contribution is -2.07. The molecule has 4 heteroatoms. The highest BCUT2D eigenvalue weighted by molar-refractivity contribution is 7.71. The molecule has 0 saturated carbocycles. The van der Waals surface area contributed by atoms with E-state index in [1.54, 1.807) is 0 Å². The number of allylic oxidation sites excluding steroid dienone is 1. The van der Waals surface area contributed by atoms with E-state index in [1.165, 1.54) is 0 Å². The second kappa shape index (κ2) is 4.55. The number of nitrogens with one attached hydrogen (secondary N) is 1.